The molecule has 21 heavy (non-hydrogen) atoms. The fraction of sp³-hybridized carbons (Fsp3) is 0.333. The predicted octanol–water partition coefficient (Wildman–Crippen LogP) is 1.89. The van der Waals surface area contributed by atoms with Crippen LogP contribution >= 0.6 is 0 Å². The molecule has 1 aromatic heterocycles. The van der Waals surface area contributed by atoms with Crippen molar-refractivity contribution in [3.63, 3.8) is 0 Å². The van der Waals surface area contributed by atoms with E-state index in [4.69, 9.17) is 19.9 Å². The molecule has 0 fully saturated rings. The minimum atomic E-state index is -0.436. The Hall–Kier alpha value is -2.34. The lowest BCUT2D eigenvalue weighted by Gasteiger charge is -2.14. The Labute approximate surface area is 122 Å². The highest BCUT2D eigenvalue weighted by atomic mass is 16.5. The Morgan fingerprint density at radius 1 is 1.29 bits per heavy atom. The van der Waals surface area contributed by atoms with Gasteiger partial charge in [-0.05, 0) is 13.0 Å². The van der Waals surface area contributed by atoms with E-state index in [2.05, 4.69) is 4.98 Å². The SMILES string of the molecule is CCOC(=O)c1cnc(CN)c2c(OC)cc(OC)cc12. The fourth-order valence-electron chi connectivity index (χ4n) is 2.18. The second kappa shape index (κ2) is 6.41. The number of pyridine rings is 1. The average molecular weight is 290 g/mol. The summed E-state index contributed by atoms with van der Waals surface area (Å²) in [5.41, 5.74) is 6.74. The maximum Gasteiger partial charge on any atom is 0.340 e. The van der Waals surface area contributed by atoms with Gasteiger partial charge >= 0.3 is 5.97 Å². The van der Waals surface area contributed by atoms with E-state index in [0.717, 1.165) is 0 Å². The Balaban J connectivity index is 2.80. The first-order valence-corrected chi connectivity index (χ1v) is 6.57. The summed E-state index contributed by atoms with van der Waals surface area (Å²) >= 11 is 0. The van der Waals surface area contributed by atoms with Gasteiger partial charge in [-0.2, -0.15) is 0 Å². The molecule has 0 saturated heterocycles. The highest BCUT2D eigenvalue weighted by Gasteiger charge is 2.18. The number of aromatic nitrogens is 1. The third kappa shape index (κ3) is 2.75. The van der Waals surface area contributed by atoms with Crippen LogP contribution in [0, 0.1) is 0 Å². The predicted molar refractivity (Wildman–Crippen MR) is 78.7 cm³/mol. The molecule has 0 unspecified atom stereocenters. The van der Waals surface area contributed by atoms with Crippen LogP contribution in [0.15, 0.2) is 18.3 Å². The van der Waals surface area contributed by atoms with Gasteiger partial charge in [0.05, 0.1) is 32.1 Å². The van der Waals surface area contributed by atoms with Gasteiger partial charge in [0.25, 0.3) is 0 Å². The summed E-state index contributed by atoms with van der Waals surface area (Å²) in [5, 5.41) is 1.35. The summed E-state index contributed by atoms with van der Waals surface area (Å²) in [4.78, 5) is 16.3. The fourth-order valence-corrected chi connectivity index (χ4v) is 2.18. The maximum atomic E-state index is 12.1. The summed E-state index contributed by atoms with van der Waals surface area (Å²) in [5.74, 6) is 0.705. The van der Waals surface area contributed by atoms with E-state index in [9.17, 15) is 4.79 Å². The molecule has 1 aromatic carbocycles. The Bertz CT molecular complexity index is 670. The quantitative estimate of drug-likeness (QED) is 0.847. The van der Waals surface area contributed by atoms with Crippen LogP contribution in [-0.4, -0.2) is 31.8 Å². The van der Waals surface area contributed by atoms with Crippen LogP contribution in [0.4, 0.5) is 0 Å². The second-order valence-electron chi connectivity index (χ2n) is 4.30. The molecular formula is C15H18N2O4. The Morgan fingerprint density at radius 2 is 2.05 bits per heavy atom. The third-order valence-corrected chi connectivity index (χ3v) is 3.15. The first-order chi connectivity index (χ1) is 10.2. The molecule has 0 amide bonds. The van der Waals surface area contributed by atoms with E-state index in [-0.39, 0.29) is 6.54 Å². The van der Waals surface area contributed by atoms with Gasteiger partial charge in [-0.25, -0.2) is 4.79 Å². The van der Waals surface area contributed by atoms with Crippen molar-refractivity contribution < 1.29 is 19.0 Å². The number of nitrogens with zero attached hydrogens (tertiary/aromatic N) is 1. The van der Waals surface area contributed by atoms with E-state index in [0.29, 0.717) is 40.1 Å². The zero-order chi connectivity index (χ0) is 15.4. The molecule has 0 bridgehead atoms. The van der Waals surface area contributed by atoms with Gasteiger partial charge in [0.2, 0.25) is 0 Å². The van der Waals surface area contributed by atoms with Crippen molar-refractivity contribution in [2.75, 3.05) is 20.8 Å². The van der Waals surface area contributed by atoms with Crippen LogP contribution in [0.3, 0.4) is 0 Å². The molecule has 6 heteroatoms. The molecule has 0 aliphatic rings. The lowest BCUT2D eigenvalue weighted by molar-refractivity contribution is 0.0528. The van der Waals surface area contributed by atoms with Gasteiger partial charge in [0, 0.05) is 29.6 Å². The van der Waals surface area contributed by atoms with Crippen LogP contribution in [0.25, 0.3) is 10.8 Å². The lowest BCUT2D eigenvalue weighted by atomic mass is 10.0. The smallest absolute Gasteiger partial charge is 0.340 e. The number of hydrogen-bond acceptors (Lipinski definition) is 6. The number of carbonyl (C=O) groups excluding carboxylic acids is 1. The molecule has 112 valence electrons. The van der Waals surface area contributed by atoms with Crippen molar-refractivity contribution in [1.29, 1.82) is 0 Å². The number of benzene rings is 1. The van der Waals surface area contributed by atoms with E-state index in [1.54, 1.807) is 33.3 Å². The second-order valence-corrected chi connectivity index (χ2v) is 4.30. The van der Waals surface area contributed by atoms with Gasteiger partial charge in [0.1, 0.15) is 11.5 Å². The van der Waals surface area contributed by atoms with Crippen molar-refractivity contribution in [3.8, 4) is 11.5 Å². The number of ether oxygens (including phenoxy) is 3. The van der Waals surface area contributed by atoms with Crippen molar-refractivity contribution in [3.05, 3.63) is 29.6 Å². The maximum absolute atomic E-state index is 12.1. The van der Waals surface area contributed by atoms with Crippen molar-refractivity contribution in [2.24, 2.45) is 5.73 Å². The number of fused-ring (bicyclic) bond motifs is 1. The minimum Gasteiger partial charge on any atom is -0.497 e. The first kappa shape index (κ1) is 15.1. The molecule has 2 rings (SSSR count). The molecule has 0 aliphatic heterocycles. The normalized spacial score (nSPS) is 10.5. The third-order valence-electron chi connectivity index (χ3n) is 3.15. The molecule has 0 atom stereocenters. The van der Waals surface area contributed by atoms with Crippen LogP contribution in [0.5, 0.6) is 11.5 Å². The van der Waals surface area contributed by atoms with Crippen LogP contribution in [0.1, 0.15) is 23.0 Å². The minimum absolute atomic E-state index is 0.238. The highest BCUT2D eigenvalue weighted by molar-refractivity contribution is 6.07. The zero-order valence-corrected chi connectivity index (χ0v) is 12.3. The van der Waals surface area contributed by atoms with Crippen LogP contribution < -0.4 is 15.2 Å². The largest absolute Gasteiger partial charge is 0.497 e. The lowest BCUT2D eigenvalue weighted by Crippen LogP contribution is -2.09. The number of methoxy groups -OCH3 is 2. The molecule has 0 saturated carbocycles. The molecule has 1 heterocycles. The average Bonchev–Trinajstić information content (AvgIpc) is 2.52. The molecule has 0 spiro atoms. The van der Waals surface area contributed by atoms with Gasteiger partial charge < -0.3 is 19.9 Å². The van der Waals surface area contributed by atoms with Crippen LogP contribution in [0.2, 0.25) is 0 Å². The molecule has 0 radical (unpaired) electrons. The van der Waals surface area contributed by atoms with Gasteiger partial charge in [-0.15, -0.1) is 0 Å². The van der Waals surface area contributed by atoms with Crippen molar-refractivity contribution in [1.82, 2.24) is 4.98 Å². The highest BCUT2D eigenvalue weighted by Crippen LogP contribution is 2.34. The molecule has 0 aliphatic carbocycles. The summed E-state index contributed by atoms with van der Waals surface area (Å²) in [7, 11) is 3.10. The zero-order valence-electron chi connectivity index (χ0n) is 12.3. The molecular weight excluding hydrogens is 272 g/mol. The van der Waals surface area contributed by atoms with E-state index in [1.165, 1.54) is 6.20 Å². The molecule has 2 N–H and O–H groups in total. The van der Waals surface area contributed by atoms with Gasteiger partial charge in [-0.3, -0.25) is 4.98 Å². The topological polar surface area (TPSA) is 83.7 Å². The monoisotopic (exact) mass is 290 g/mol. The number of hydrogen-bond donors (Lipinski definition) is 1. The van der Waals surface area contributed by atoms with E-state index >= 15 is 0 Å². The number of esters is 1. The summed E-state index contributed by atoms with van der Waals surface area (Å²) in [6.45, 7) is 2.28. The molecule has 2 aromatic rings. The summed E-state index contributed by atoms with van der Waals surface area (Å²) in [6.07, 6.45) is 1.47. The summed E-state index contributed by atoms with van der Waals surface area (Å²) in [6, 6.07) is 3.49. The Kier molecular flexibility index (Phi) is 4.59. The van der Waals surface area contributed by atoms with E-state index < -0.39 is 5.97 Å². The van der Waals surface area contributed by atoms with Crippen LogP contribution in [-0.2, 0) is 11.3 Å². The number of carbonyl (C=O) groups is 1. The number of nitrogens with two attached hydrogens (primary N) is 1. The van der Waals surface area contributed by atoms with Gasteiger partial charge in [0.15, 0.2) is 0 Å². The first-order valence-electron chi connectivity index (χ1n) is 6.57. The van der Waals surface area contributed by atoms with Crippen molar-refractivity contribution in [2.45, 2.75) is 13.5 Å². The summed E-state index contributed by atoms with van der Waals surface area (Å²) < 4.78 is 15.7. The van der Waals surface area contributed by atoms with Crippen molar-refractivity contribution >= 4 is 16.7 Å². The number of rotatable bonds is 5. The Morgan fingerprint density at radius 3 is 2.62 bits per heavy atom. The molecule has 6 nitrogen and oxygen atoms in total. The standard InChI is InChI=1S/C15H18N2O4/c1-4-21-15(18)11-8-17-12(7-16)14-10(11)5-9(19-2)6-13(14)20-3/h5-6,8H,4,7,16H2,1-3H3. The van der Waals surface area contributed by atoms with E-state index in [1.807, 2.05) is 0 Å². The van der Waals surface area contributed by atoms with Gasteiger partial charge in [-0.1, -0.05) is 0 Å².